The van der Waals surface area contributed by atoms with Gasteiger partial charge in [0.1, 0.15) is 3.79 Å². The van der Waals surface area contributed by atoms with E-state index in [1.807, 2.05) is 19.1 Å². The van der Waals surface area contributed by atoms with E-state index in [1.165, 1.54) is 11.3 Å². The van der Waals surface area contributed by atoms with Gasteiger partial charge in [-0.1, -0.05) is 22.9 Å². The van der Waals surface area contributed by atoms with Crippen molar-refractivity contribution in [1.29, 1.82) is 0 Å². The van der Waals surface area contributed by atoms with Gasteiger partial charge in [-0.05, 0) is 53.5 Å². The van der Waals surface area contributed by atoms with E-state index in [1.54, 1.807) is 13.0 Å². The predicted octanol–water partition coefficient (Wildman–Crippen LogP) is 4.79. The number of carbonyl (C=O) groups excluding carboxylic acids is 1. The van der Waals surface area contributed by atoms with Crippen LogP contribution in [0, 0.1) is 6.92 Å². The molecule has 20 heavy (non-hydrogen) atoms. The Labute approximate surface area is 134 Å². The van der Waals surface area contributed by atoms with Crippen molar-refractivity contribution in [2.45, 2.75) is 13.8 Å². The number of halogens is 2. The monoisotopic (exact) mass is 374 g/mol. The van der Waals surface area contributed by atoms with Crippen LogP contribution in [0.5, 0.6) is 0 Å². The molecular formula is C13H12BrClN2O2S. The Balaban J connectivity index is 2.22. The van der Waals surface area contributed by atoms with Gasteiger partial charge >= 0.3 is 5.97 Å². The first-order valence-corrected chi connectivity index (χ1v) is 7.86. The van der Waals surface area contributed by atoms with Gasteiger partial charge in [-0.3, -0.25) is 0 Å². The van der Waals surface area contributed by atoms with Crippen molar-refractivity contribution in [2.24, 2.45) is 0 Å². The van der Waals surface area contributed by atoms with Gasteiger partial charge in [-0.15, -0.1) is 0 Å². The smallest absolute Gasteiger partial charge is 0.359 e. The maximum atomic E-state index is 11.7. The molecule has 0 fully saturated rings. The average molecular weight is 376 g/mol. The van der Waals surface area contributed by atoms with Gasteiger partial charge in [0.15, 0.2) is 10.8 Å². The SMILES string of the molecule is CCOC(=O)c1nc(Nc2ccc(Cl)cc2C)sc1Br. The summed E-state index contributed by atoms with van der Waals surface area (Å²) in [6.07, 6.45) is 0. The summed E-state index contributed by atoms with van der Waals surface area (Å²) in [7, 11) is 0. The van der Waals surface area contributed by atoms with Crippen molar-refractivity contribution in [3.8, 4) is 0 Å². The molecule has 0 atom stereocenters. The number of nitrogens with one attached hydrogen (secondary N) is 1. The second-order valence-electron chi connectivity index (χ2n) is 3.95. The average Bonchev–Trinajstić information content (AvgIpc) is 2.74. The van der Waals surface area contributed by atoms with Crippen molar-refractivity contribution in [1.82, 2.24) is 4.98 Å². The van der Waals surface area contributed by atoms with Crippen LogP contribution in [0.1, 0.15) is 23.0 Å². The highest BCUT2D eigenvalue weighted by Crippen LogP contribution is 2.32. The molecule has 0 aliphatic carbocycles. The molecule has 0 spiro atoms. The molecule has 0 saturated carbocycles. The number of aromatic nitrogens is 1. The molecular weight excluding hydrogens is 364 g/mol. The number of hydrogen-bond donors (Lipinski definition) is 1. The lowest BCUT2D eigenvalue weighted by Crippen LogP contribution is -2.05. The van der Waals surface area contributed by atoms with Gasteiger partial charge in [0.25, 0.3) is 0 Å². The summed E-state index contributed by atoms with van der Waals surface area (Å²) in [4.78, 5) is 15.9. The molecule has 0 aliphatic rings. The number of benzene rings is 1. The Morgan fingerprint density at radius 1 is 1.55 bits per heavy atom. The first-order valence-electron chi connectivity index (χ1n) is 5.88. The van der Waals surface area contributed by atoms with Gasteiger partial charge in [-0.25, -0.2) is 9.78 Å². The lowest BCUT2D eigenvalue weighted by Gasteiger charge is -2.06. The summed E-state index contributed by atoms with van der Waals surface area (Å²) in [5.41, 5.74) is 2.18. The van der Waals surface area contributed by atoms with Gasteiger partial charge in [0.2, 0.25) is 0 Å². The van der Waals surface area contributed by atoms with Crippen molar-refractivity contribution >= 4 is 55.7 Å². The number of hydrogen-bond acceptors (Lipinski definition) is 5. The number of ether oxygens (including phenoxy) is 1. The standard InChI is InChI=1S/C13H12BrClN2O2S/c1-3-19-12(18)10-11(14)20-13(17-10)16-9-5-4-8(15)6-7(9)2/h4-6H,3H2,1-2H3,(H,16,17). The highest BCUT2D eigenvalue weighted by Gasteiger charge is 2.18. The van der Waals surface area contributed by atoms with Crippen LogP contribution in [0.15, 0.2) is 22.0 Å². The first kappa shape index (κ1) is 15.3. The molecule has 1 aromatic heterocycles. The Kier molecular flexibility index (Phi) is 5.01. The normalized spacial score (nSPS) is 10.4. The van der Waals surface area contributed by atoms with Crippen molar-refractivity contribution in [3.05, 3.63) is 38.3 Å². The molecule has 2 aromatic rings. The number of rotatable bonds is 4. The predicted molar refractivity (Wildman–Crippen MR) is 85.2 cm³/mol. The number of carbonyl (C=O) groups is 1. The summed E-state index contributed by atoms with van der Waals surface area (Å²) in [6, 6.07) is 5.53. The Hall–Kier alpha value is -1.11. The van der Waals surface area contributed by atoms with E-state index in [0.717, 1.165) is 11.3 Å². The third-order valence-corrected chi connectivity index (χ3v) is 4.34. The quantitative estimate of drug-likeness (QED) is 0.781. The summed E-state index contributed by atoms with van der Waals surface area (Å²) >= 11 is 10.6. The van der Waals surface area contributed by atoms with Gasteiger partial charge < -0.3 is 10.1 Å². The molecule has 7 heteroatoms. The number of aryl methyl sites for hydroxylation is 1. The molecule has 0 amide bonds. The van der Waals surface area contributed by atoms with E-state index >= 15 is 0 Å². The minimum absolute atomic E-state index is 0.283. The van der Waals surface area contributed by atoms with Crippen LogP contribution in [-0.2, 0) is 4.74 Å². The van der Waals surface area contributed by atoms with Crippen LogP contribution in [0.3, 0.4) is 0 Å². The second-order valence-corrected chi connectivity index (χ2v) is 6.70. The van der Waals surface area contributed by atoms with E-state index < -0.39 is 5.97 Å². The molecule has 2 rings (SSSR count). The molecule has 0 saturated heterocycles. The number of esters is 1. The molecule has 0 radical (unpaired) electrons. The molecule has 0 aliphatic heterocycles. The molecule has 0 bridgehead atoms. The molecule has 0 unspecified atom stereocenters. The highest BCUT2D eigenvalue weighted by atomic mass is 79.9. The maximum absolute atomic E-state index is 11.7. The fourth-order valence-electron chi connectivity index (χ4n) is 1.56. The number of thiazole rings is 1. The maximum Gasteiger partial charge on any atom is 0.359 e. The summed E-state index contributed by atoms with van der Waals surface area (Å²) in [6.45, 7) is 4.03. The zero-order valence-electron chi connectivity index (χ0n) is 10.9. The van der Waals surface area contributed by atoms with Gasteiger partial charge in [0, 0.05) is 10.7 Å². The van der Waals surface area contributed by atoms with Crippen LogP contribution in [0.2, 0.25) is 5.02 Å². The van der Waals surface area contributed by atoms with E-state index in [0.29, 0.717) is 20.5 Å². The molecule has 106 valence electrons. The zero-order chi connectivity index (χ0) is 14.7. The molecule has 1 heterocycles. The summed E-state index contributed by atoms with van der Waals surface area (Å²) in [5, 5.41) is 4.47. The summed E-state index contributed by atoms with van der Waals surface area (Å²) < 4.78 is 5.59. The fourth-order valence-corrected chi connectivity index (χ4v) is 3.19. The largest absolute Gasteiger partial charge is 0.461 e. The third kappa shape index (κ3) is 3.50. The second kappa shape index (κ2) is 6.56. The molecule has 1 N–H and O–H groups in total. The van der Waals surface area contributed by atoms with Crippen molar-refractivity contribution < 1.29 is 9.53 Å². The van der Waals surface area contributed by atoms with E-state index in [9.17, 15) is 4.79 Å². The van der Waals surface area contributed by atoms with E-state index in [-0.39, 0.29) is 5.69 Å². The lowest BCUT2D eigenvalue weighted by molar-refractivity contribution is 0.0519. The fraction of sp³-hybridized carbons (Fsp3) is 0.231. The topological polar surface area (TPSA) is 51.2 Å². The van der Waals surface area contributed by atoms with E-state index in [2.05, 4.69) is 26.2 Å². The van der Waals surface area contributed by atoms with Gasteiger partial charge in [-0.2, -0.15) is 0 Å². The van der Waals surface area contributed by atoms with Gasteiger partial charge in [0.05, 0.1) is 6.61 Å². The minimum atomic E-state index is -0.434. The lowest BCUT2D eigenvalue weighted by atomic mass is 10.2. The highest BCUT2D eigenvalue weighted by molar-refractivity contribution is 9.11. The minimum Gasteiger partial charge on any atom is -0.461 e. The summed E-state index contributed by atoms with van der Waals surface area (Å²) in [5.74, 6) is -0.434. The van der Waals surface area contributed by atoms with Crippen LogP contribution >= 0.6 is 38.9 Å². The number of anilines is 2. The Bertz CT molecular complexity index is 645. The zero-order valence-corrected chi connectivity index (χ0v) is 14.0. The first-order chi connectivity index (χ1) is 9.51. The van der Waals surface area contributed by atoms with Crippen LogP contribution in [0.25, 0.3) is 0 Å². The third-order valence-electron chi connectivity index (χ3n) is 2.48. The Morgan fingerprint density at radius 3 is 2.95 bits per heavy atom. The van der Waals surface area contributed by atoms with Crippen LogP contribution < -0.4 is 5.32 Å². The Morgan fingerprint density at radius 2 is 2.30 bits per heavy atom. The van der Waals surface area contributed by atoms with Crippen LogP contribution in [0.4, 0.5) is 10.8 Å². The van der Waals surface area contributed by atoms with Crippen molar-refractivity contribution in [2.75, 3.05) is 11.9 Å². The number of nitrogens with zero attached hydrogens (tertiary/aromatic N) is 1. The molecule has 4 nitrogen and oxygen atoms in total. The van der Waals surface area contributed by atoms with E-state index in [4.69, 9.17) is 16.3 Å². The molecule has 1 aromatic carbocycles. The van der Waals surface area contributed by atoms with Crippen molar-refractivity contribution in [3.63, 3.8) is 0 Å². The van der Waals surface area contributed by atoms with Crippen LogP contribution in [-0.4, -0.2) is 17.6 Å².